The van der Waals surface area contributed by atoms with Gasteiger partial charge in [0, 0.05) is 18.2 Å². The minimum Gasteiger partial charge on any atom is -0.482 e. The number of para-hydroxylation sites is 3. The quantitative estimate of drug-likeness (QED) is 0.723. The molecular formula is C23H25N3O3. The fourth-order valence-corrected chi connectivity index (χ4v) is 3.59. The molecule has 2 aromatic carbocycles. The second-order valence-electron chi connectivity index (χ2n) is 7.45. The van der Waals surface area contributed by atoms with Crippen molar-refractivity contribution in [3.63, 3.8) is 0 Å². The number of amides is 1. The first-order valence-electron chi connectivity index (χ1n) is 9.85. The fourth-order valence-electron chi connectivity index (χ4n) is 3.59. The predicted molar refractivity (Wildman–Crippen MR) is 111 cm³/mol. The summed E-state index contributed by atoms with van der Waals surface area (Å²) in [5.74, 6) is 1.08. The fraction of sp³-hybridized carbons (Fsp3) is 0.304. The number of carbonyl (C=O) groups is 1. The Kier molecular flexibility index (Phi) is 5.25. The Balaban J connectivity index is 1.44. The Labute approximate surface area is 170 Å². The van der Waals surface area contributed by atoms with Crippen molar-refractivity contribution in [3.8, 4) is 17.2 Å². The zero-order valence-corrected chi connectivity index (χ0v) is 16.8. The summed E-state index contributed by atoms with van der Waals surface area (Å²) in [6.07, 6.45) is -0.401. The summed E-state index contributed by atoms with van der Waals surface area (Å²) in [5.41, 5.74) is 2.99. The third kappa shape index (κ3) is 4.11. The molecular weight excluding hydrogens is 366 g/mol. The Hall–Kier alpha value is -3.28. The van der Waals surface area contributed by atoms with E-state index in [9.17, 15) is 4.79 Å². The van der Waals surface area contributed by atoms with Gasteiger partial charge in [-0.1, -0.05) is 30.3 Å². The minimum atomic E-state index is -0.687. The maximum atomic E-state index is 12.8. The molecule has 1 aliphatic rings. The number of nitrogens with zero attached hydrogens (tertiary/aromatic N) is 2. The molecule has 3 atom stereocenters. The molecule has 0 saturated carbocycles. The van der Waals surface area contributed by atoms with Crippen LogP contribution in [0, 0.1) is 6.92 Å². The molecule has 1 aromatic heterocycles. The zero-order chi connectivity index (χ0) is 20.4. The summed E-state index contributed by atoms with van der Waals surface area (Å²) < 4.78 is 13.7. The van der Waals surface area contributed by atoms with Gasteiger partial charge < -0.3 is 14.8 Å². The van der Waals surface area contributed by atoms with Crippen LogP contribution in [-0.2, 0) is 11.2 Å². The highest BCUT2D eigenvalue weighted by atomic mass is 16.6. The lowest BCUT2D eigenvalue weighted by atomic mass is 10.1. The molecule has 1 amide bonds. The zero-order valence-electron chi connectivity index (χ0n) is 16.8. The molecule has 0 fully saturated rings. The monoisotopic (exact) mass is 391 g/mol. The second kappa shape index (κ2) is 7.99. The molecule has 0 spiro atoms. The predicted octanol–water partition coefficient (Wildman–Crippen LogP) is 3.46. The lowest BCUT2D eigenvalue weighted by molar-refractivity contribution is -0.134. The molecule has 2 heterocycles. The van der Waals surface area contributed by atoms with Gasteiger partial charge in [0.1, 0.15) is 6.10 Å². The molecule has 4 rings (SSSR count). The normalized spacial score (nSPS) is 18.9. The summed E-state index contributed by atoms with van der Waals surface area (Å²) in [4.78, 5) is 12.8. The number of nitrogens with one attached hydrogen (secondary N) is 1. The van der Waals surface area contributed by atoms with Crippen LogP contribution in [-0.4, -0.2) is 33.9 Å². The maximum Gasteiger partial charge on any atom is 0.265 e. The Bertz CT molecular complexity index is 1000. The Morgan fingerprint density at radius 3 is 2.48 bits per heavy atom. The van der Waals surface area contributed by atoms with Crippen LogP contribution in [0.1, 0.15) is 25.2 Å². The van der Waals surface area contributed by atoms with Gasteiger partial charge in [-0.25, -0.2) is 4.68 Å². The summed E-state index contributed by atoms with van der Waals surface area (Å²) in [7, 11) is 0. The van der Waals surface area contributed by atoms with Crippen LogP contribution >= 0.6 is 0 Å². The van der Waals surface area contributed by atoms with Crippen molar-refractivity contribution in [2.75, 3.05) is 0 Å². The molecule has 0 bridgehead atoms. The van der Waals surface area contributed by atoms with Gasteiger partial charge in [0.15, 0.2) is 11.5 Å². The van der Waals surface area contributed by atoms with E-state index in [0.29, 0.717) is 17.9 Å². The van der Waals surface area contributed by atoms with E-state index in [2.05, 4.69) is 16.5 Å². The van der Waals surface area contributed by atoms with Gasteiger partial charge in [-0.05, 0) is 51.1 Å². The molecule has 0 saturated heterocycles. The van der Waals surface area contributed by atoms with Gasteiger partial charge in [0.25, 0.3) is 5.91 Å². The lowest BCUT2D eigenvalue weighted by Crippen LogP contribution is -2.51. The average Bonchev–Trinajstić information content (AvgIpc) is 3.07. The van der Waals surface area contributed by atoms with Crippen LogP contribution in [0.3, 0.4) is 0 Å². The van der Waals surface area contributed by atoms with Gasteiger partial charge in [-0.2, -0.15) is 5.10 Å². The van der Waals surface area contributed by atoms with Crippen molar-refractivity contribution >= 4 is 5.91 Å². The minimum absolute atomic E-state index is 0.0889. The number of benzene rings is 2. The summed E-state index contributed by atoms with van der Waals surface area (Å²) >= 11 is 0. The molecule has 0 aliphatic carbocycles. The average molecular weight is 391 g/mol. The standard InChI is InChI=1S/C23H25N3O3/c1-15(13-19-14-16(2)25-26(19)18-9-5-4-6-10-18)24-23(27)22-17(3)28-20-11-7-8-12-21(20)29-22/h4-12,14-15,17,22H,13H2,1-3H3,(H,24,27)/t15-,17+,22+/m0/s1. The molecule has 0 unspecified atom stereocenters. The largest absolute Gasteiger partial charge is 0.482 e. The molecule has 150 valence electrons. The number of hydrogen-bond acceptors (Lipinski definition) is 4. The first kappa shape index (κ1) is 19.1. The number of aromatic nitrogens is 2. The van der Waals surface area contributed by atoms with Crippen molar-refractivity contribution in [1.29, 1.82) is 0 Å². The maximum absolute atomic E-state index is 12.8. The number of rotatable bonds is 5. The van der Waals surface area contributed by atoms with Crippen LogP contribution in [0.2, 0.25) is 0 Å². The van der Waals surface area contributed by atoms with Gasteiger partial charge in [-0.15, -0.1) is 0 Å². The van der Waals surface area contributed by atoms with Crippen molar-refractivity contribution in [3.05, 3.63) is 72.1 Å². The van der Waals surface area contributed by atoms with E-state index in [-0.39, 0.29) is 18.1 Å². The number of fused-ring (bicyclic) bond motifs is 1. The Morgan fingerprint density at radius 2 is 1.76 bits per heavy atom. The van der Waals surface area contributed by atoms with Gasteiger partial charge >= 0.3 is 0 Å². The highest BCUT2D eigenvalue weighted by molar-refractivity contribution is 5.82. The number of hydrogen-bond donors (Lipinski definition) is 1. The van der Waals surface area contributed by atoms with Crippen LogP contribution in [0.25, 0.3) is 5.69 Å². The summed E-state index contributed by atoms with van der Waals surface area (Å²) in [5, 5.41) is 7.66. The van der Waals surface area contributed by atoms with Crippen LogP contribution in [0.4, 0.5) is 0 Å². The van der Waals surface area contributed by atoms with Gasteiger partial charge in [0.05, 0.1) is 11.4 Å². The molecule has 29 heavy (non-hydrogen) atoms. The molecule has 6 heteroatoms. The number of carbonyl (C=O) groups excluding carboxylic acids is 1. The number of ether oxygens (including phenoxy) is 2. The first-order chi connectivity index (χ1) is 14.0. The van der Waals surface area contributed by atoms with E-state index >= 15 is 0 Å². The van der Waals surface area contributed by atoms with Crippen molar-refractivity contribution in [2.24, 2.45) is 0 Å². The third-order valence-electron chi connectivity index (χ3n) is 4.91. The van der Waals surface area contributed by atoms with E-state index < -0.39 is 6.10 Å². The molecule has 1 N–H and O–H groups in total. The van der Waals surface area contributed by atoms with Crippen molar-refractivity contribution in [1.82, 2.24) is 15.1 Å². The van der Waals surface area contributed by atoms with E-state index in [1.165, 1.54) is 0 Å². The van der Waals surface area contributed by atoms with Crippen molar-refractivity contribution in [2.45, 2.75) is 45.4 Å². The lowest BCUT2D eigenvalue weighted by Gasteiger charge is -2.31. The van der Waals surface area contributed by atoms with E-state index in [1.807, 2.05) is 80.1 Å². The van der Waals surface area contributed by atoms with Crippen LogP contribution < -0.4 is 14.8 Å². The molecule has 0 radical (unpaired) electrons. The Morgan fingerprint density at radius 1 is 1.10 bits per heavy atom. The first-order valence-corrected chi connectivity index (χ1v) is 9.85. The van der Waals surface area contributed by atoms with Crippen LogP contribution in [0.5, 0.6) is 11.5 Å². The van der Waals surface area contributed by atoms with E-state index in [4.69, 9.17) is 9.47 Å². The van der Waals surface area contributed by atoms with Gasteiger partial charge in [0.2, 0.25) is 6.10 Å². The third-order valence-corrected chi connectivity index (χ3v) is 4.91. The molecule has 3 aromatic rings. The summed E-state index contributed by atoms with van der Waals surface area (Å²) in [6.45, 7) is 5.80. The summed E-state index contributed by atoms with van der Waals surface area (Å²) in [6, 6.07) is 19.4. The second-order valence-corrected chi connectivity index (χ2v) is 7.45. The number of aryl methyl sites for hydroxylation is 1. The topological polar surface area (TPSA) is 65.4 Å². The smallest absolute Gasteiger partial charge is 0.265 e. The molecule has 1 aliphatic heterocycles. The van der Waals surface area contributed by atoms with E-state index in [0.717, 1.165) is 17.1 Å². The molecule has 6 nitrogen and oxygen atoms in total. The van der Waals surface area contributed by atoms with Crippen molar-refractivity contribution < 1.29 is 14.3 Å². The van der Waals surface area contributed by atoms with Crippen LogP contribution in [0.15, 0.2) is 60.7 Å². The highest BCUT2D eigenvalue weighted by Gasteiger charge is 2.34. The van der Waals surface area contributed by atoms with Gasteiger partial charge in [-0.3, -0.25) is 4.79 Å². The highest BCUT2D eigenvalue weighted by Crippen LogP contribution is 2.33. The van der Waals surface area contributed by atoms with E-state index in [1.54, 1.807) is 0 Å². The SMILES string of the molecule is Cc1cc(C[C@H](C)NC(=O)[C@@H]2Oc3ccccc3O[C@@H]2C)n(-c2ccccc2)n1.